The Morgan fingerprint density at radius 2 is 1.57 bits per heavy atom. The average molecular weight is 443 g/mol. The predicted octanol–water partition coefficient (Wildman–Crippen LogP) is 5.35. The Morgan fingerprint density at radius 1 is 0.867 bits per heavy atom. The number of benzene rings is 2. The van der Waals surface area contributed by atoms with Crippen LogP contribution in [0.5, 0.6) is 5.75 Å². The van der Waals surface area contributed by atoms with Gasteiger partial charge in [-0.25, -0.2) is 4.79 Å². The predicted molar refractivity (Wildman–Crippen MR) is 111 cm³/mol. The molecular weight excluding hydrogens is 431 g/mol. The van der Waals surface area contributed by atoms with E-state index >= 15 is 0 Å². The Kier molecular flexibility index (Phi) is 4.07. The van der Waals surface area contributed by atoms with E-state index in [1.807, 2.05) is 6.92 Å². The normalized spacial score (nSPS) is 16.2. The molecule has 30 heavy (non-hydrogen) atoms. The Morgan fingerprint density at radius 3 is 2.33 bits per heavy atom. The number of fused-ring (bicyclic) bond motifs is 4. The molecule has 0 N–H and O–H groups in total. The number of hydrogen-bond donors (Lipinski definition) is 0. The Bertz CT molecular complexity index is 1480. The molecule has 0 radical (unpaired) electrons. The van der Waals surface area contributed by atoms with Crippen LogP contribution in [-0.2, 0) is 4.79 Å². The van der Waals surface area contributed by atoms with Gasteiger partial charge in [0.05, 0.1) is 21.0 Å². The average Bonchev–Trinajstić information content (AvgIpc) is 3.13. The minimum Gasteiger partial charge on any atom is -0.459 e. The molecule has 0 fully saturated rings. The molecule has 6 nitrogen and oxygen atoms in total. The molecule has 1 atom stereocenters. The summed E-state index contributed by atoms with van der Waals surface area (Å²) in [5.74, 6) is -2.68. The molecule has 150 valence electrons. The summed E-state index contributed by atoms with van der Waals surface area (Å²) in [4.78, 5) is 38.4. The smallest absolute Gasteiger partial charge is 0.347 e. The number of furan rings is 1. The summed E-state index contributed by atoms with van der Waals surface area (Å²) in [5, 5.41) is 1.02. The first-order valence-electron chi connectivity index (χ1n) is 8.98. The second kappa shape index (κ2) is 6.45. The third kappa shape index (κ3) is 2.54. The minimum absolute atomic E-state index is 0.01000. The zero-order chi connectivity index (χ0) is 21.3. The minimum atomic E-state index is -1.36. The van der Waals surface area contributed by atoms with Gasteiger partial charge in [-0.1, -0.05) is 35.3 Å². The lowest BCUT2D eigenvalue weighted by molar-refractivity contribution is -0.135. The standard InChI is InChI=1S/C22H12Cl2O6/c1-8-3-5-11(23)19-14(8)17(25)16(22(27)30-19)13-7-10-18(28-13)15-9(2)4-6-12(24)20(15)29-21(10)26/h3-7,16H,1-2H3. The highest BCUT2D eigenvalue weighted by molar-refractivity contribution is 6.35. The molecule has 3 heterocycles. The van der Waals surface area contributed by atoms with Crippen LogP contribution in [0, 0.1) is 13.8 Å². The van der Waals surface area contributed by atoms with Gasteiger partial charge in [0.2, 0.25) is 0 Å². The number of halogens is 2. The fraction of sp³-hybridized carbons (Fsp3) is 0.136. The molecule has 1 unspecified atom stereocenters. The van der Waals surface area contributed by atoms with Crippen molar-refractivity contribution in [2.75, 3.05) is 0 Å². The second-order valence-corrected chi connectivity index (χ2v) is 7.95. The van der Waals surface area contributed by atoms with Crippen molar-refractivity contribution in [2.45, 2.75) is 19.8 Å². The van der Waals surface area contributed by atoms with E-state index in [9.17, 15) is 14.4 Å². The van der Waals surface area contributed by atoms with Gasteiger partial charge >= 0.3 is 11.6 Å². The number of carbonyl (C=O) groups is 2. The van der Waals surface area contributed by atoms with Crippen LogP contribution in [0.1, 0.15) is 33.2 Å². The molecule has 4 aromatic rings. The number of carbonyl (C=O) groups excluding carboxylic acids is 2. The lowest BCUT2D eigenvalue weighted by atomic mass is 9.89. The summed E-state index contributed by atoms with van der Waals surface area (Å²) in [5.41, 5.74) is 1.28. The molecule has 0 amide bonds. The molecule has 0 saturated carbocycles. The number of rotatable bonds is 1. The van der Waals surface area contributed by atoms with Crippen LogP contribution >= 0.6 is 23.2 Å². The van der Waals surface area contributed by atoms with Gasteiger partial charge in [0.15, 0.2) is 28.6 Å². The first-order valence-corrected chi connectivity index (χ1v) is 9.74. The van der Waals surface area contributed by atoms with E-state index in [0.29, 0.717) is 10.9 Å². The van der Waals surface area contributed by atoms with Crippen LogP contribution in [0.15, 0.2) is 44.0 Å². The lowest BCUT2D eigenvalue weighted by Crippen LogP contribution is -2.32. The summed E-state index contributed by atoms with van der Waals surface area (Å²) in [6.45, 7) is 3.53. The fourth-order valence-corrected chi connectivity index (χ4v) is 4.19. The van der Waals surface area contributed by atoms with E-state index in [1.54, 1.807) is 31.2 Å². The van der Waals surface area contributed by atoms with Crippen molar-refractivity contribution in [3.8, 4) is 5.75 Å². The van der Waals surface area contributed by atoms with Gasteiger partial charge in [0.25, 0.3) is 0 Å². The van der Waals surface area contributed by atoms with E-state index < -0.39 is 23.3 Å². The highest BCUT2D eigenvalue weighted by atomic mass is 35.5. The summed E-state index contributed by atoms with van der Waals surface area (Å²) >= 11 is 12.3. The highest BCUT2D eigenvalue weighted by Gasteiger charge is 2.42. The molecule has 0 saturated heterocycles. The number of aryl methyl sites for hydroxylation is 2. The lowest BCUT2D eigenvalue weighted by Gasteiger charge is -2.23. The van der Waals surface area contributed by atoms with E-state index in [2.05, 4.69) is 0 Å². The van der Waals surface area contributed by atoms with Gasteiger partial charge in [-0.05, 0) is 43.2 Å². The van der Waals surface area contributed by atoms with Crippen molar-refractivity contribution in [1.29, 1.82) is 0 Å². The molecule has 2 aromatic carbocycles. The molecule has 8 heteroatoms. The molecule has 5 rings (SSSR count). The maximum absolute atomic E-state index is 13.2. The summed E-state index contributed by atoms with van der Waals surface area (Å²) in [7, 11) is 0. The topological polar surface area (TPSA) is 86.7 Å². The fourth-order valence-electron chi connectivity index (χ4n) is 3.79. The van der Waals surface area contributed by atoms with E-state index in [-0.39, 0.29) is 43.7 Å². The molecule has 2 aromatic heterocycles. The van der Waals surface area contributed by atoms with Gasteiger partial charge in [-0.15, -0.1) is 0 Å². The number of Topliss-reactive ketones (excluding diaryl/α,β-unsaturated/α-hetero) is 1. The van der Waals surface area contributed by atoms with Crippen LogP contribution < -0.4 is 10.4 Å². The zero-order valence-corrected chi connectivity index (χ0v) is 17.2. The van der Waals surface area contributed by atoms with Crippen LogP contribution in [0.25, 0.3) is 21.9 Å². The number of ketones is 1. The zero-order valence-electron chi connectivity index (χ0n) is 15.7. The molecule has 1 aliphatic rings. The largest absolute Gasteiger partial charge is 0.459 e. The van der Waals surface area contributed by atoms with E-state index in [4.69, 9.17) is 36.8 Å². The van der Waals surface area contributed by atoms with Gasteiger partial charge in [-0.3, -0.25) is 9.59 Å². The van der Waals surface area contributed by atoms with Crippen molar-refractivity contribution in [3.05, 3.63) is 73.2 Å². The first kappa shape index (κ1) is 18.9. The number of esters is 1. The van der Waals surface area contributed by atoms with Crippen molar-refractivity contribution < 1.29 is 23.2 Å². The van der Waals surface area contributed by atoms with Crippen molar-refractivity contribution >= 4 is 56.9 Å². The first-order chi connectivity index (χ1) is 14.3. The van der Waals surface area contributed by atoms with Crippen LogP contribution in [0.3, 0.4) is 0 Å². The second-order valence-electron chi connectivity index (χ2n) is 7.14. The maximum Gasteiger partial charge on any atom is 0.347 e. The van der Waals surface area contributed by atoms with Crippen LogP contribution in [-0.4, -0.2) is 11.8 Å². The van der Waals surface area contributed by atoms with Crippen LogP contribution in [0.2, 0.25) is 10.0 Å². The summed E-state index contributed by atoms with van der Waals surface area (Å²) in [6.07, 6.45) is 0. The van der Waals surface area contributed by atoms with Crippen LogP contribution in [0.4, 0.5) is 0 Å². The van der Waals surface area contributed by atoms with Gasteiger partial charge in [0, 0.05) is 0 Å². The van der Waals surface area contributed by atoms with Crippen molar-refractivity contribution in [1.82, 2.24) is 0 Å². The Labute approximate surface area is 178 Å². The molecule has 0 bridgehead atoms. The van der Waals surface area contributed by atoms with Gasteiger partial charge in [0.1, 0.15) is 11.1 Å². The molecule has 0 spiro atoms. The molecule has 1 aliphatic heterocycles. The molecular formula is C22H12Cl2O6. The highest BCUT2D eigenvalue weighted by Crippen LogP contribution is 2.41. The van der Waals surface area contributed by atoms with Crippen molar-refractivity contribution in [3.63, 3.8) is 0 Å². The van der Waals surface area contributed by atoms with Crippen molar-refractivity contribution in [2.24, 2.45) is 0 Å². The third-order valence-electron chi connectivity index (χ3n) is 5.26. The third-order valence-corrected chi connectivity index (χ3v) is 5.86. The monoisotopic (exact) mass is 442 g/mol. The quantitative estimate of drug-likeness (QED) is 0.171. The van der Waals surface area contributed by atoms with E-state index in [1.165, 1.54) is 6.07 Å². The molecule has 0 aliphatic carbocycles. The number of hydrogen-bond acceptors (Lipinski definition) is 6. The Balaban J connectivity index is 1.77. The SMILES string of the molecule is Cc1ccc(Cl)c2c1C(=O)C(c1cc3c(=O)oc4c(Cl)ccc(C)c4c3o1)C(=O)O2. The maximum atomic E-state index is 13.2. The van der Waals surface area contributed by atoms with E-state index in [0.717, 1.165) is 5.56 Å². The Hall–Kier alpha value is -3.09. The summed E-state index contributed by atoms with van der Waals surface area (Å²) < 4.78 is 16.6. The van der Waals surface area contributed by atoms with Gasteiger partial charge in [-0.2, -0.15) is 0 Å². The number of ether oxygens (including phenoxy) is 1. The summed E-state index contributed by atoms with van der Waals surface area (Å²) in [6, 6.07) is 7.94. The van der Waals surface area contributed by atoms with Gasteiger partial charge < -0.3 is 13.6 Å².